The molecule has 0 heterocycles. The largest absolute Gasteiger partial charge is 0.494 e. The van der Waals surface area contributed by atoms with E-state index in [1.54, 1.807) is 0 Å². The first kappa shape index (κ1) is 19.0. The minimum absolute atomic E-state index is 0.00616. The molecule has 0 unspecified atom stereocenters. The van der Waals surface area contributed by atoms with E-state index in [0.717, 1.165) is 35.5 Å². The number of ether oxygens (including phenoxy) is 1. The second-order valence-electron chi connectivity index (χ2n) is 6.68. The van der Waals surface area contributed by atoms with E-state index in [1.165, 1.54) is 5.56 Å². The van der Waals surface area contributed by atoms with Crippen molar-refractivity contribution in [1.82, 2.24) is 4.90 Å². The number of hydrogen-bond acceptors (Lipinski definition) is 3. The molecule has 134 valence electrons. The SMILES string of the molecule is Cc1ccc(C)c(CC(=O)Nc2ccc(OCCCN(C)C)cc2)c1. The molecule has 0 bridgehead atoms. The maximum atomic E-state index is 12.3. The van der Waals surface area contributed by atoms with Crippen LogP contribution in [-0.2, 0) is 11.2 Å². The number of nitrogens with zero attached hydrogens (tertiary/aromatic N) is 1. The minimum Gasteiger partial charge on any atom is -0.494 e. The first-order chi connectivity index (χ1) is 11.9. The summed E-state index contributed by atoms with van der Waals surface area (Å²) >= 11 is 0. The Bertz CT molecular complexity index is 694. The number of rotatable bonds is 8. The third-order valence-corrected chi connectivity index (χ3v) is 4.01. The van der Waals surface area contributed by atoms with Crippen molar-refractivity contribution in [3.8, 4) is 5.75 Å². The van der Waals surface area contributed by atoms with Gasteiger partial charge in [0.15, 0.2) is 0 Å². The van der Waals surface area contributed by atoms with E-state index >= 15 is 0 Å². The molecule has 4 nitrogen and oxygen atoms in total. The minimum atomic E-state index is -0.00616. The van der Waals surface area contributed by atoms with Crippen LogP contribution in [0.1, 0.15) is 23.1 Å². The van der Waals surface area contributed by atoms with Crippen molar-refractivity contribution < 1.29 is 9.53 Å². The van der Waals surface area contributed by atoms with Crippen LogP contribution in [0.15, 0.2) is 42.5 Å². The van der Waals surface area contributed by atoms with Crippen LogP contribution in [0.3, 0.4) is 0 Å². The number of amides is 1. The van der Waals surface area contributed by atoms with E-state index in [-0.39, 0.29) is 5.91 Å². The number of hydrogen-bond donors (Lipinski definition) is 1. The van der Waals surface area contributed by atoms with Gasteiger partial charge in [-0.2, -0.15) is 0 Å². The van der Waals surface area contributed by atoms with Gasteiger partial charge >= 0.3 is 0 Å². The van der Waals surface area contributed by atoms with Crippen molar-refractivity contribution >= 4 is 11.6 Å². The topological polar surface area (TPSA) is 41.6 Å². The molecule has 4 heteroatoms. The highest BCUT2D eigenvalue weighted by atomic mass is 16.5. The molecular weight excluding hydrogens is 312 g/mol. The zero-order valence-electron chi connectivity index (χ0n) is 15.6. The van der Waals surface area contributed by atoms with Crippen molar-refractivity contribution in [3.05, 3.63) is 59.2 Å². The number of benzene rings is 2. The summed E-state index contributed by atoms with van der Waals surface area (Å²) in [5.74, 6) is 0.819. The zero-order chi connectivity index (χ0) is 18.2. The molecular formula is C21H28N2O2. The summed E-state index contributed by atoms with van der Waals surface area (Å²) in [5.41, 5.74) is 4.17. The maximum Gasteiger partial charge on any atom is 0.228 e. The number of nitrogens with one attached hydrogen (secondary N) is 1. The average Bonchev–Trinajstić information content (AvgIpc) is 2.56. The highest BCUT2D eigenvalue weighted by Crippen LogP contribution is 2.17. The van der Waals surface area contributed by atoms with Crippen LogP contribution < -0.4 is 10.1 Å². The van der Waals surface area contributed by atoms with E-state index < -0.39 is 0 Å². The summed E-state index contributed by atoms with van der Waals surface area (Å²) in [4.78, 5) is 14.4. The van der Waals surface area contributed by atoms with Crippen molar-refractivity contribution in [2.45, 2.75) is 26.7 Å². The normalized spacial score (nSPS) is 10.8. The lowest BCUT2D eigenvalue weighted by Gasteiger charge is -2.11. The molecule has 0 spiro atoms. The van der Waals surface area contributed by atoms with Gasteiger partial charge in [0.2, 0.25) is 5.91 Å². The van der Waals surface area contributed by atoms with Crippen LogP contribution in [0, 0.1) is 13.8 Å². The molecule has 0 atom stereocenters. The molecule has 0 aromatic heterocycles. The summed E-state index contributed by atoms with van der Waals surface area (Å²) < 4.78 is 5.70. The second kappa shape index (κ2) is 9.23. The first-order valence-corrected chi connectivity index (χ1v) is 8.67. The first-order valence-electron chi connectivity index (χ1n) is 8.67. The Morgan fingerprint density at radius 1 is 1.08 bits per heavy atom. The third kappa shape index (κ3) is 6.59. The van der Waals surface area contributed by atoms with Crippen molar-refractivity contribution in [2.75, 3.05) is 32.6 Å². The van der Waals surface area contributed by atoms with Crippen molar-refractivity contribution in [3.63, 3.8) is 0 Å². The van der Waals surface area contributed by atoms with Gasteiger partial charge in [0.25, 0.3) is 0 Å². The molecule has 0 radical (unpaired) electrons. The van der Waals surface area contributed by atoms with E-state index in [9.17, 15) is 4.79 Å². The third-order valence-electron chi connectivity index (χ3n) is 4.01. The Labute approximate surface area is 150 Å². The molecule has 1 amide bonds. The lowest BCUT2D eigenvalue weighted by Crippen LogP contribution is -2.16. The number of carbonyl (C=O) groups is 1. The molecule has 2 aromatic rings. The maximum absolute atomic E-state index is 12.3. The van der Waals surface area contributed by atoms with E-state index in [4.69, 9.17) is 4.74 Å². The molecule has 0 saturated heterocycles. The van der Waals surface area contributed by atoms with Gasteiger partial charge in [0, 0.05) is 12.2 Å². The molecule has 0 aliphatic rings. The quantitative estimate of drug-likeness (QED) is 0.743. The fourth-order valence-electron chi connectivity index (χ4n) is 2.57. The molecule has 2 aromatic carbocycles. The Morgan fingerprint density at radius 2 is 1.80 bits per heavy atom. The zero-order valence-corrected chi connectivity index (χ0v) is 15.6. The Balaban J connectivity index is 1.84. The molecule has 2 rings (SSSR count). The fraction of sp³-hybridized carbons (Fsp3) is 0.381. The molecule has 1 N–H and O–H groups in total. The van der Waals surface area contributed by atoms with E-state index in [0.29, 0.717) is 13.0 Å². The highest BCUT2D eigenvalue weighted by molar-refractivity contribution is 5.92. The van der Waals surface area contributed by atoms with Gasteiger partial charge in [-0.25, -0.2) is 0 Å². The Kier molecular flexibility index (Phi) is 7.02. The number of aryl methyl sites for hydroxylation is 2. The van der Waals surface area contributed by atoms with Gasteiger partial charge in [0.05, 0.1) is 13.0 Å². The number of carbonyl (C=O) groups excluding carboxylic acids is 1. The van der Waals surface area contributed by atoms with Crippen LogP contribution in [0.4, 0.5) is 5.69 Å². The number of anilines is 1. The van der Waals surface area contributed by atoms with Gasteiger partial charge < -0.3 is 15.0 Å². The molecule has 25 heavy (non-hydrogen) atoms. The second-order valence-corrected chi connectivity index (χ2v) is 6.68. The van der Waals surface area contributed by atoms with Crippen molar-refractivity contribution in [2.24, 2.45) is 0 Å². The van der Waals surface area contributed by atoms with E-state index in [1.807, 2.05) is 38.1 Å². The predicted molar refractivity (Wildman–Crippen MR) is 103 cm³/mol. The van der Waals surface area contributed by atoms with Gasteiger partial charge in [-0.3, -0.25) is 4.79 Å². The van der Waals surface area contributed by atoms with Crippen LogP contribution in [-0.4, -0.2) is 38.1 Å². The summed E-state index contributed by atoms with van der Waals surface area (Å²) in [5, 5.41) is 2.95. The monoisotopic (exact) mass is 340 g/mol. The summed E-state index contributed by atoms with van der Waals surface area (Å²) in [6.45, 7) is 5.77. The Hall–Kier alpha value is -2.33. The standard InChI is InChI=1S/C21H28N2O2/c1-16-6-7-17(2)18(14-16)15-21(24)22-19-8-10-20(11-9-19)25-13-5-12-23(3)4/h6-11,14H,5,12-13,15H2,1-4H3,(H,22,24). The van der Waals surface area contributed by atoms with Gasteiger partial charge in [-0.1, -0.05) is 23.8 Å². The molecule has 0 aliphatic carbocycles. The predicted octanol–water partition coefficient (Wildman–Crippen LogP) is 3.82. The highest BCUT2D eigenvalue weighted by Gasteiger charge is 2.07. The lowest BCUT2D eigenvalue weighted by atomic mass is 10.0. The molecule has 0 saturated carbocycles. The summed E-state index contributed by atoms with van der Waals surface area (Å²) in [7, 11) is 4.10. The van der Waals surface area contributed by atoms with Crippen LogP contribution in [0.5, 0.6) is 5.75 Å². The Morgan fingerprint density at radius 3 is 2.48 bits per heavy atom. The van der Waals surface area contributed by atoms with Gasteiger partial charge in [0.1, 0.15) is 5.75 Å². The lowest BCUT2D eigenvalue weighted by molar-refractivity contribution is -0.115. The fourth-order valence-corrected chi connectivity index (χ4v) is 2.57. The molecule has 0 aliphatic heterocycles. The van der Waals surface area contributed by atoms with Crippen LogP contribution in [0.25, 0.3) is 0 Å². The van der Waals surface area contributed by atoms with Crippen molar-refractivity contribution in [1.29, 1.82) is 0 Å². The molecule has 0 fully saturated rings. The van der Waals surface area contributed by atoms with Gasteiger partial charge in [-0.05, 0) is 69.8 Å². The smallest absolute Gasteiger partial charge is 0.228 e. The van der Waals surface area contributed by atoms with Crippen LogP contribution in [0.2, 0.25) is 0 Å². The van der Waals surface area contributed by atoms with Crippen LogP contribution >= 0.6 is 0 Å². The van der Waals surface area contributed by atoms with Gasteiger partial charge in [-0.15, -0.1) is 0 Å². The summed E-state index contributed by atoms with van der Waals surface area (Å²) in [6, 6.07) is 13.7. The average molecular weight is 340 g/mol. The van der Waals surface area contributed by atoms with E-state index in [2.05, 4.69) is 42.5 Å². The summed E-state index contributed by atoms with van der Waals surface area (Å²) in [6.07, 6.45) is 1.37.